The Labute approximate surface area is 154 Å². The van der Waals surface area contributed by atoms with Gasteiger partial charge in [0.15, 0.2) is 0 Å². The third kappa shape index (κ3) is 4.52. The summed E-state index contributed by atoms with van der Waals surface area (Å²) in [5, 5.41) is 3.03. The number of anilines is 1. The van der Waals surface area contributed by atoms with E-state index in [9.17, 15) is 4.79 Å². The second-order valence-electron chi connectivity index (χ2n) is 6.46. The van der Waals surface area contributed by atoms with E-state index in [0.29, 0.717) is 6.54 Å². The van der Waals surface area contributed by atoms with Gasteiger partial charge in [-0.3, -0.25) is 9.69 Å². The molecule has 1 aromatic carbocycles. The van der Waals surface area contributed by atoms with E-state index in [-0.39, 0.29) is 11.9 Å². The maximum atomic E-state index is 12.5. The first-order valence-electron chi connectivity index (χ1n) is 8.98. The highest BCUT2D eigenvalue weighted by atomic mass is 16.5. The Bertz CT molecular complexity index is 715. The van der Waals surface area contributed by atoms with Crippen molar-refractivity contribution in [1.29, 1.82) is 0 Å². The van der Waals surface area contributed by atoms with Gasteiger partial charge < -0.3 is 15.0 Å². The van der Waals surface area contributed by atoms with E-state index in [4.69, 9.17) is 4.74 Å². The number of rotatable bonds is 6. The lowest BCUT2D eigenvalue weighted by Gasteiger charge is -2.37. The van der Waals surface area contributed by atoms with Crippen molar-refractivity contribution < 1.29 is 9.53 Å². The molecular weight excluding hydrogens is 328 g/mol. The Hall–Kier alpha value is -2.60. The highest BCUT2D eigenvalue weighted by Crippen LogP contribution is 2.15. The van der Waals surface area contributed by atoms with E-state index < -0.39 is 0 Å². The van der Waals surface area contributed by atoms with Gasteiger partial charge in [0, 0.05) is 38.9 Å². The number of carbonyl (C=O) groups excluding carboxylic acids is 1. The predicted molar refractivity (Wildman–Crippen MR) is 102 cm³/mol. The van der Waals surface area contributed by atoms with Crippen LogP contribution in [-0.4, -0.2) is 55.1 Å². The second-order valence-corrected chi connectivity index (χ2v) is 6.46. The van der Waals surface area contributed by atoms with Gasteiger partial charge in [0.25, 0.3) is 0 Å². The number of aromatic nitrogens is 1. The number of methoxy groups -OCH3 is 1. The molecule has 6 heteroatoms. The van der Waals surface area contributed by atoms with Gasteiger partial charge in [-0.1, -0.05) is 18.2 Å². The molecule has 1 aliphatic heterocycles. The van der Waals surface area contributed by atoms with Gasteiger partial charge >= 0.3 is 0 Å². The third-order valence-electron chi connectivity index (χ3n) is 4.82. The Morgan fingerprint density at radius 3 is 2.69 bits per heavy atom. The van der Waals surface area contributed by atoms with E-state index >= 15 is 0 Å². The smallest absolute Gasteiger partial charge is 0.237 e. The zero-order valence-electron chi connectivity index (χ0n) is 15.4. The van der Waals surface area contributed by atoms with E-state index in [1.54, 1.807) is 7.11 Å². The molecule has 6 nitrogen and oxygen atoms in total. The maximum absolute atomic E-state index is 12.5. The highest BCUT2D eigenvalue weighted by Gasteiger charge is 2.25. The molecular formula is C20H26N4O2. The molecule has 2 aromatic rings. The van der Waals surface area contributed by atoms with Crippen molar-refractivity contribution in [2.24, 2.45) is 0 Å². The molecule has 1 aliphatic rings. The summed E-state index contributed by atoms with van der Waals surface area (Å²) in [6, 6.07) is 13.6. The molecule has 3 rings (SSSR count). The van der Waals surface area contributed by atoms with Crippen LogP contribution in [0.15, 0.2) is 48.7 Å². The molecule has 1 amide bonds. The Morgan fingerprint density at radius 2 is 2.00 bits per heavy atom. The van der Waals surface area contributed by atoms with Crippen molar-refractivity contribution in [2.75, 3.05) is 38.2 Å². The molecule has 1 unspecified atom stereocenters. The van der Waals surface area contributed by atoms with E-state index in [0.717, 1.165) is 43.3 Å². The zero-order chi connectivity index (χ0) is 18.4. The molecule has 0 bridgehead atoms. The first-order valence-corrected chi connectivity index (χ1v) is 8.98. The molecule has 26 heavy (non-hydrogen) atoms. The molecule has 0 spiro atoms. The van der Waals surface area contributed by atoms with Crippen LogP contribution in [0.2, 0.25) is 0 Å². The normalized spacial score (nSPS) is 16.2. The van der Waals surface area contributed by atoms with E-state index in [1.807, 2.05) is 55.6 Å². The van der Waals surface area contributed by atoms with Crippen molar-refractivity contribution in [1.82, 2.24) is 15.2 Å². The first-order chi connectivity index (χ1) is 12.7. The molecule has 1 saturated heterocycles. The summed E-state index contributed by atoms with van der Waals surface area (Å²) in [5.41, 5.74) is 1.03. The topological polar surface area (TPSA) is 57.7 Å². The number of piperazine rings is 1. The Balaban J connectivity index is 1.48. The van der Waals surface area contributed by atoms with Crippen molar-refractivity contribution in [2.45, 2.75) is 19.5 Å². The number of nitrogens with zero attached hydrogens (tertiary/aromatic N) is 3. The number of pyridine rings is 1. The number of hydrogen-bond donors (Lipinski definition) is 1. The third-order valence-corrected chi connectivity index (χ3v) is 4.82. The molecule has 1 fully saturated rings. The monoisotopic (exact) mass is 354 g/mol. The van der Waals surface area contributed by atoms with Crippen LogP contribution in [0.5, 0.6) is 5.75 Å². The van der Waals surface area contributed by atoms with Crippen LogP contribution < -0.4 is 15.0 Å². The molecule has 2 heterocycles. The van der Waals surface area contributed by atoms with Crippen molar-refractivity contribution >= 4 is 11.7 Å². The minimum absolute atomic E-state index is 0.0547. The van der Waals surface area contributed by atoms with Crippen LogP contribution in [0.4, 0.5) is 5.82 Å². The number of nitrogens with one attached hydrogen (secondary N) is 1. The summed E-state index contributed by atoms with van der Waals surface area (Å²) in [5.74, 6) is 1.86. The van der Waals surface area contributed by atoms with Crippen LogP contribution >= 0.6 is 0 Å². The summed E-state index contributed by atoms with van der Waals surface area (Å²) >= 11 is 0. The summed E-state index contributed by atoms with van der Waals surface area (Å²) in [7, 11) is 1.64. The predicted octanol–water partition coefficient (Wildman–Crippen LogP) is 1.92. The number of ether oxygens (including phenoxy) is 1. The van der Waals surface area contributed by atoms with Crippen LogP contribution in [0.3, 0.4) is 0 Å². The molecule has 0 saturated carbocycles. The lowest BCUT2D eigenvalue weighted by atomic mass is 10.2. The van der Waals surface area contributed by atoms with E-state index in [2.05, 4.69) is 20.1 Å². The number of amides is 1. The largest absolute Gasteiger partial charge is 0.497 e. The summed E-state index contributed by atoms with van der Waals surface area (Å²) < 4.78 is 5.22. The van der Waals surface area contributed by atoms with Crippen LogP contribution in [0.25, 0.3) is 0 Å². The van der Waals surface area contributed by atoms with Gasteiger partial charge in [-0.25, -0.2) is 4.98 Å². The van der Waals surface area contributed by atoms with Crippen molar-refractivity contribution in [3.05, 3.63) is 54.2 Å². The second kappa shape index (κ2) is 8.67. The Kier molecular flexibility index (Phi) is 6.07. The minimum Gasteiger partial charge on any atom is -0.497 e. The molecule has 138 valence electrons. The van der Waals surface area contributed by atoms with Gasteiger partial charge in [0.2, 0.25) is 5.91 Å². The SMILES string of the molecule is COc1cccc(CNC(=O)C(C)N2CCN(c3ccccn3)CC2)c1. The summed E-state index contributed by atoms with van der Waals surface area (Å²) in [6.07, 6.45) is 1.82. The lowest BCUT2D eigenvalue weighted by Crippen LogP contribution is -2.54. The molecule has 1 N–H and O–H groups in total. The fraction of sp³-hybridized carbons (Fsp3) is 0.400. The lowest BCUT2D eigenvalue weighted by molar-refractivity contribution is -0.126. The Morgan fingerprint density at radius 1 is 1.19 bits per heavy atom. The standard InChI is InChI=1S/C20H26N4O2/c1-16(20(25)22-15-17-6-5-7-18(14-17)26-2)23-10-12-24(13-11-23)19-8-3-4-9-21-19/h3-9,14,16H,10-13,15H2,1-2H3,(H,22,25). The quantitative estimate of drug-likeness (QED) is 0.859. The fourth-order valence-electron chi connectivity index (χ4n) is 3.16. The van der Waals surface area contributed by atoms with Crippen LogP contribution in [-0.2, 0) is 11.3 Å². The zero-order valence-corrected chi connectivity index (χ0v) is 15.4. The maximum Gasteiger partial charge on any atom is 0.237 e. The molecule has 1 atom stereocenters. The number of hydrogen-bond acceptors (Lipinski definition) is 5. The molecule has 0 radical (unpaired) electrons. The van der Waals surface area contributed by atoms with Gasteiger partial charge in [0.1, 0.15) is 11.6 Å². The van der Waals surface area contributed by atoms with Gasteiger partial charge in [-0.15, -0.1) is 0 Å². The van der Waals surface area contributed by atoms with Crippen LogP contribution in [0.1, 0.15) is 12.5 Å². The highest BCUT2D eigenvalue weighted by molar-refractivity contribution is 5.81. The summed E-state index contributed by atoms with van der Waals surface area (Å²) in [6.45, 7) is 5.94. The van der Waals surface area contributed by atoms with Gasteiger partial charge in [-0.2, -0.15) is 0 Å². The van der Waals surface area contributed by atoms with Crippen molar-refractivity contribution in [3.8, 4) is 5.75 Å². The summed E-state index contributed by atoms with van der Waals surface area (Å²) in [4.78, 5) is 21.4. The van der Waals surface area contributed by atoms with Crippen molar-refractivity contribution in [3.63, 3.8) is 0 Å². The van der Waals surface area contributed by atoms with Gasteiger partial charge in [-0.05, 0) is 36.8 Å². The average molecular weight is 354 g/mol. The average Bonchev–Trinajstić information content (AvgIpc) is 2.72. The minimum atomic E-state index is -0.147. The van der Waals surface area contributed by atoms with Crippen LogP contribution in [0, 0.1) is 0 Å². The molecule has 0 aliphatic carbocycles. The fourth-order valence-corrected chi connectivity index (χ4v) is 3.16. The van der Waals surface area contributed by atoms with E-state index in [1.165, 1.54) is 0 Å². The van der Waals surface area contributed by atoms with Gasteiger partial charge in [0.05, 0.1) is 13.2 Å². The number of carbonyl (C=O) groups is 1. The molecule has 1 aromatic heterocycles. The first kappa shape index (κ1) is 18.2. The number of benzene rings is 1.